The van der Waals surface area contributed by atoms with E-state index < -0.39 is 0 Å². The van der Waals surface area contributed by atoms with E-state index in [9.17, 15) is 9.18 Å². The molecule has 1 aliphatic rings. The molecule has 0 aromatic heterocycles. The van der Waals surface area contributed by atoms with Crippen LogP contribution >= 0.6 is 11.8 Å². The first-order chi connectivity index (χ1) is 10.3. The van der Waals surface area contributed by atoms with Crippen LogP contribution in [0.4, 0.5) is 9.18 Å². The van der Waals surface area contributed by atoms with Crippen molar-refractivity contribution in [1.29, 1.82) is 0 Å². The van der Waals surface area contributed by atoms with Gasteiger partial charge in [0.25, 0.3) is 0 Å². The van der Waals surface area contributed by atoms with Crippen molar-refractivity contribution in [1.82, 2.24) is 10.6 Å². The zero-order valence-corrected chi connectivity index (χ0v) is 13.1. The molecule has 0 saturated heterocycles. The summed E-state index contributed by atoms with van der Waals surface area (Å²) < 4.78 is 13.4. The Balaban J connectivity index is 1.55. The lowest BCUT2D eigenvalue weighted by atomic mass is 9.96. The van der Waals surface area contributed by atoms with Crippen molar-refractivity contribution in [3.05, 3.63) is 35.6 Å². The van der Waals surface area contributed by atoms with Gasteiger partial charge in [-0.3, -0.25) is 0 Å². The summed E-state index contributed by atoms with van der Waals surface area (Å²) in [6.07, 6.45) is 5.89. The molecule has 0 spiro atoms. The number of urea groups is 1. The minimum Gasteiger partial charge on any atom is -0.337 e. The number of nitrogens with one attached hydrogen (secondary N) is 2. The molecule has 1 fully saturated rings. The summed E-state index contributed by atoms with van der Waals surface area (Å²) in [7, 11) is 0. The van der Waals surface area contributed by atoms with Crippen molar-refractivity contribution >= 4 is 17.8 Å². The molecule has 0 unspecified atom stereocenters. The van der Waals surface area contributed by atoms with E-state index >= 15 is 0 Å². The normalized spacial score (nSPS) is 15.7. The van der Waals surface area contributed by atoms with Gasteiger partial charge >= 0.3 is 6.03 Å². The summed E-state index contributed by atoms with van der Waals surface area (Å²) in [5.74, 6) is 1.26. The number of carbonyl (C=O) groups excluding carboxylic acids is 1. The Morgan fingerprint density at radius 2 is 2.00 bits per heavy atom. The molecule has 2 amide bonds. The molecule has 2 N–H and O–H groups in total. The fourth-order valence-corrected chi connectivity index (χ4v) is 3.36. The summed E-state index contributed by atoms with van der Waals surface area (Å²) in [5, 5.41) is 5.88. The number of halogens is 1. The maximum Gasteiger partial charge on any atom is 0.315 e. The summed E-state index contributed by atoms with van der Waals surface area (Å²) >= 11 is 1.63. The third-order valence-corrected chi connectivity index (χ3v) is 4.70. The lowest BCUT2D eigenvalue weighted by Gasteiger charge is -2.22. The average Bonchev–Trinajstić information content (AvgIpc) is 2.50. The Hall–Kier alpha value is -1.23. The van der Waals surface area contributed by atoms with Gasteiger partial charge in [0.2, 0.25) is 0 Å². The minimum atomic E-state index is -0.159. The van der Waals surface area contributed by atoms with Crippen molar-refractivity contribution in [2.45, 2.75) is 43.9 Å². The van der Waals surface area contributed by atoms with Crippen LogP contribution in [0, 0.1) is 5.82 Å². The molecule has 1 aromatic carbocycles. The van der Waals surface area contributed by atoms with E-state index in [1.165, 1.54) is 25.3 Å². The number of benzene rings is 1. The molecule has 1 aromatic rings. The molecule has 0 heterocycles. The molecule has 21 heavy (non-hydrogen) atoms. The average molecular weight is 310 g/mol. The Morgan fingerprint density at radius 1 is 1.24 bits per heavy atom. The number of thioether (sulfide) groups is 1. The highest BCUT2D eigenvalue weighted by molar-refractivity contribution is 7.98. The van der Waals surface area contributed by atoms with Gasteiger partial charge < -0.3 is 10.6 Å². The van der Waals surface area contributed by atoms with Crippen LogP contribution in [-0.2, 0) is 5.75 Å². The van der Waals surface area contributed by atoms with E-state index in [1.807, 2.05) is 6.07 Å². The molecule has 2 rings (SSSR count). The number of amides is 2. The van der Waals surface area contributed by atoms with Gasteiger partial charge in [0.05, 0.1) is 0 Å². The van der Waals surface area contributed by atoms with Crippen molar-refractivity contribution < 1.29 is 9.18 Å². The highest BCUT2D eigenvalue weighted by atomic mass is 32.2. The summed E-state index contributed by atoms with van der Waals surface area (Å²) in [4.78, 5) is 11.7. The van der Waals surface area contributed by atoms with Gasteiger partial charge in [-0.2, -0.15) is 11.8 Å². The van der Waals surface area contributed by atoms with Gasteiger partial charge in [-0.15, -0.1) is 0 Å². The van der Waals surface area contributed by atoms with Crippen molar-refractivity contribution in [3.63, 3.8) is 0 Å². The van der Waals surface area contributed by atoms with Crippen LogP contribution < -0.4 is 10.6 Å². The van der Waals surface area contributed by atoms with Crippen LogP contribution in [-0.4, -0.2) is 24.4 Å². The fraction of sp³-hybridized carbons (Fsp3) is 0.562. The zero-order chi connectivity index (χ0) is 14.9. The fourth-order valence-electron chi connectivity index (χ4n) is 2.52. The van der Waals surface area contributed by atoms with Crippen molar-refractivity contribution in [2.75, 3.05) is 12.3 Å². The first kappa shape index (κ1) is 16.1. The lowest BCUT2D eigenvalue weighted by Crippen LogP contribution is -2.43. The van der Waals surface area contributed by atoms with Gasteiger partial charge in [-0.05, 0) is 24.5 Å². The van der Waals surface area contributed by atoms with Crippen LogP contribution in [0.2, 0.25) is 0 Å². The topological polar surface area (TPSA) is 41.1 Å². The van der Waals surface area contributed by atoms with E-state index in [-0.39, 0.29) is 11.8 Å². The minimum absolute atomic E-state index is 0.0756. The van der Waals surface area contributed by atoms with E-state index in [2.05, 4.69) is 10.6 Å². The third-order valence-electron chi connectivity index (χ3n) is 3.69. The van der Waals surface area contributed by atoms with Gasteiger partial charge in [-0.1, -0.05) is 37.5 Å². The number of carbonyl (C=O) groups is 1. The molecule has 3 nitrogen and oxygen atoms in total. The van der Waals surface area contributed by atoms with Gasteiger partial charge in [0.15, 0.2) is 0 Å². The monoisotopic (exact) mass is 310 g/mol. The van der Waals surface area contributed by atoms with Crippen LogP contribution in [0.3, 0.4) is 0 Å². The summed E-state index contributed by atoms with van der Waals surface area (Å²) in [5.41, 5.74) is 0.717. The van der Waals surface area contributed by atoms with Crippen molar-refractivity contribution in [2.24, 2.45) is 0 Å². The van der Waals surface area contributed by atoms with Crippen molar-refractivity contribution in [3.8, 4) is 0 Å². The maximum atomic E-state index is 13.4. The standard InChI is InChI=1S/C16H23FN2OS/c17-15-9-5-4-6-13(15)12-21-11-10-18-16(20)19-14-7-2-1-3-8-14/h4-6,9,14H,1-3,7-8,10-12H2,(H2,18,19,20). The molecule has 0 atom stereocenters. The molecule has 1 aliphatic carbocycles. The lowest BCUT2D eigenvalue weighted by molar-refractivity contribution is 0.233. The van der Waals surface area contributed by atoms with Crippen LogP contribution in [0.1, 0.15) is 37.7 Å². The molecule has 0 bridgehead atoms. The summed E-state index contributed by atoms with van der Waals surface area (Å²) in [6, 6.07) is 7.07. The first-order valence-corrected chi connectivity index (χ1v) is 8.76. The largest absolute Gasteiger partial charge is 0.337 e. The van der Waals surface area contributed by atoms with Crippen LogP contribution in [0.25, 0.3) is 0 Å². The zero-order valence-electron chi connectivity index (χ0n) is 12.2. The Morgan fingerprint density at radius 3 is 2.76 bits per heavy atom. The van der Waals surface area contributed by atoms with E-state index in [4.69, 9.17) is 0 Å². The second kappa shape index (κ2) is 8.93. The highest BCUT2D eigenvalue weighted by Gasteiger charge is 2.14. The Kier molecular flexibility index (Phi) is 6.86. The number of rotatable bonds is 6. The van der Waals surface area contributed by atoms with E-state index in [0.29, 0.717) is 23.9 Å². The number of hydrogen-bond acceptors (Lipinski definition) is 2. The molecule has 116 valence electrons. The molecule has 5 heteroatoms. The molecular weight excluding hydrogens is 287 g/mol. The predicted molar refractivity (Wildman–Crippen MR) is 86.0 cm³/mol. The third kappa shape index (κ3) is 5.96. The maximum absolute atomic E-state index is 13.4. The molecular formula is C16H23FN2OS. The van der Waals surface area contributed by atoms with E-state index in [1.54, 1.807) is 23.9 Å². The Bertz CT molecular complexity index is 450. The van der Waals surface area contributed by atoms with Crippen LogP contribution in [0.15, 0.2) is 24.3 Å². The number of hydrogen-bond donors (Lipinski definition) is 2. The molecule has 0 radical (unpaired) electrons. The first-order valence-electron chi connectivity index (χ1n) is 7.61. The van der Waals surface area contributed by atoms with E-state index in [0.717, 1.165) is 18.6 Å². The molecule has 1 saturated carbocycles. The van der Waals surface area contributed by atoms with Gasteiger partial charge in [-0.25, -0.2) is 9.18 Å². The Labute approximate surface area is 130 Å². The van der Waals surface area contributed by atoms with Gasteiger partial charge in [0, 0.05) is 24.1 Å². The van der Waals surface area contributed by atoms with Crippen LogP contribution in [0.5, 0.6) is 0 Å². The predicted octanol–water partition coefficient (Wildman–Crippen LogP) is 3.69. The SMILES string of the molecule is O=C(NCCSCc1ccccc1F)NC1CCCCC1. The second-order valence-corrected chi connectivity index (χ2v) is 6.48. The quantitative estimate of drug-likeness (QED) is 0.787. The van der Waals surface area contributed by atoms with Gasteiger partial charge in [0.1, 0.15) is 5.82 Å². The summed E-state index contributed by atoms with van der Waals surface area (Å²) in [6.45, 7) is 0.609. The highest BCUT2D eigenvalue weighted by Crippen LogP contribution is 2.17. The second-order valence-electron chi connectivity index (χ2n) is 5.38. The smallest absolute Gasteiger partial charge is 0.315 e. The molecule has 0 aliphatic heterocycles.